The van der Waals surface area contributed by atoms with Crippen molar-refractivity contribution in [3.05, 3.63) is 83.6 Å². The van der Waals surface area contributed by atoms with E-state index in [1.807, 2.05) is 41.0 Å². The van der Waals surface area contributed by atoms with Crippen LogP contribution in [0.5, 0.6) is 0 Å². The number of hydrogen-bond acceptors (Lipinski definition) is 8. The fourth-order valence-corrected chi connectivity index (χ4v) is 5.01. The summed E-state index contributed by atoms with van der Waals surface area (Å²) >= 11 is 0. The second-order valence-corrected chi connectivity index (χ2v) is 9.49. The van der Waals surface area contributed by atoms with Gasteiger partial charge in [-0.25, -0.2) is 0 Å². The average molecular weight is 518 g/mol. The van der Waals surface area contributed by atoms with Gasteiger partial charge in [0.05, 0.1) is 30.4 Å². The van der Waals surface area contributed by atoms with Gasteiger partial charge in [-0.1, -0.05) is 36.4 Å². The molecule has 1 aliphatic rings. The van der Waals surface area contributed by atoms with Gasteiger partial charge in [0.25, 0.3) is 5.91 Å². The van der Waals surface area contributed by atoms with Crippen molar-refractivity contribution in [1.29, 1.82) is 5.26 Å². The number of aliphatic hydroxyl groups excluding tert-OH is 5. The highest BCUT2D eigenvalue weighted by Gasteiger charge is 2.56. The van der Waals surface area contributed by atoms with E-state index in [-0.39, 0.29) is 5.56 Å². The number of aliphatic hydroxyl groups is 5. The smallest absolute Gasteiger partial charge is 0.254 e. The molecule has 1 saturated heterocycles. The van der Waals surface area contributed by atoms with Crippen LogP contribution in [-0.2, 0) is 11.3 Å². The van der Waals surface area contributed by atoms with Crippen molar-refractivity contribution in [3.63, 3.8) is 0 Å². The first-order valence-corrected chi connectivity index (χ1v) is 12.1. The molecule has 0 aliphatic carbocycles. The Bertz CT molecular complexity index is 1540. The number of aromatic nitrogens is 1. The zero-order chi connectivity index (χ0) is 27.0. The third-order valence-corrected chi connectivity index (χ3v) is 7.19. The molecular formula is C28H27N3O7. The molecule has 1 aliphatic heterocycles. The first-order chi connectivity index (χ1) is 18.3. The number of ether oxygens (including phenoxy) is 1. The summed E-state index contributed by atoms with van der Waals surface area (Å²) in [4.78, 5) is 13.6. The van der Waals surface area contributed by atoms with Crippen LogP contribution in [-0.4, -0.2) is 79.4 Å². The first kappa shape index (κ1) is 25.8. The molecule has 3 aromatic carbocycles. The number of nitrogens with one attached hydrogen (secondary N) is 1. The maximum Gasteiger partial charge on any atom is 0.254 e. The number of nitriles is 1. The molecule has 0 spiro atoms. The van der Waals surface area contributed by atoms with Crippen LogP contribution in [0, 0.1) is 11.3 Å². The van der Waals surface area contributed by atoms with E-state index in [1.54, 1.807) is 24.4 Å². The molecule has 2 heterocycles. The van der Waals surface area contributed by atoms with Gasteiger partial charge in [0, 0.05) is 23.6 Å². The van der Waals surface area contributed by atoms with E-state index >= 15 is 0 Å². The summed E-state index contributed by atoms with van der Waals surface area (Å²) in [5, 5.41) is 65.6. The molecule has 0 radical (unpaired) electrons. The molecule has 1 unspecified atom stereocenters. The molecule has 10 nitrogen and oxygen atoms in total. The van der Waals surface area contributed by atoms with Crippen LogP contribution in [0.25, 0.3) is 21.7 Å². The van der Waals surface area contributed by atoms with Crippen molar-refractivity contribution in [2.24, 2.45) is 0 Å². The minimum Gasteiger partial charge on any atom is -0.394 e. The van der Waals surface area contributed by atoms with Crippen molar-refractivity contribution >= 4 is 27.6 Å². The van der Waals surface area contributed by atoms with Gasteiger partial charge in [-0.3, -0.25) is 4.79 Å². The molecule has 6 N–H and O–H groups in total. The third-order valence-electron chi connectivity index (χ3n) is 7.19. The number of carbonyl (C=O) groups is 1. The van der Waals surface area contributed by atoms with Gasteiger partial charge in [-0.05, 0) is 40.6 Å². The van der Waals surface area contributed by atoms with Gasteiger partial charge >= 0.3 is 0 Å². The van der Waals surface area contributed by atoms with Crippen LogP contribution in [0.2, 0.25) is 0 Å². The van der Waals surface area contributed by atoms with Gasteiger partial charge in [-0.2, -0.15) is 5.26 Å². The highest BCUT2D eigenvalue weighted by atomic mass is 16.6. The van der Waals surface area contributed by atoms with Crippen molar-refractivity contribution in [3.8, 4) is 6.07 Å². The zero-order valence-electron chi connectivity index (χ0n) is 20.2. The van der Waals surface area contributed by atoms with Crippen molar-refractivity contribution in [1.82, 2.24) is 9.88 Å². The number of fused-ring (bicyclic) bond motifs is 2. The van der Waals surface area contributed by atoms with Gasteiger partial charge < -0.3 is 40.2 Å². The van der Waals surface area contributed by atoms with Crippen LogP contribution < -0.4 is 5.32 Å². The minimum atomic E-state index is -2.16. The number of benzene rings is 3. The SMILES string of the molecule is N#Cc1ccc2c(c1)c(C(=O)N[C@@]1(CO)C(O)O[C@H](CO)[C@@H](O)[C@@H]1O)cn2Cc1ccc2ccccc2c1. The Balaban J connectivity index is 1.53. The maximum atomic E-state index is 13.6. The Kier molecular flexibility index (Phi) is 6.90. The van der Waals surface area contributed by atoms with Crippen LogP contribution in [0.1, 0.15) is 21.5 Å². The molecule has 10 heteroatoms. The van der Waals surface area contributed by atoms with Gasteiger partial charge in [0.15, 0.2) is 6.29 Å². The number of nitrogens with zero attached hydrogens (tertiary/aromatic N) is 2. The van der Waals surface area contributed by atoms with E-state index in [0.717, 1.165) is 16.3 Å². The second-order valence-electron chi connectivity index (χ2n) is 9.49. The van der Waals surface area contributed by atoms with Crippen LogP contribution >= 0.6 is 0 Å². The molecule has 1 fully saturated rings. The Morgan fingerprint density at radius 1 is 1.05 bits per heavy atom. The summed E-state index contributed by atoms with van der Waals surface area (Å²) in [5.74, 6) is -0.771. The fourth-order valence-electron chi connectivity index (χ4n) is 5.01. The Hall–Kier alpha value is -3.82. The molecule has 4 aromatic rings. The lowest BCUT2D eigenvalue weighted by atomic mass is 9.83. The second kappa shape index (κ2) is 10.2. The third kappa shape index (κ3) is 4.31. The first-order valence-electron chi connectivity index (χ1n) is 12.1. The molecule has 5 rings (SSSR count). The summed E-state index contributed by atoms with van der Waals surface area (Å²) in [6.45, 7) is -1.24. The Morgan fingerprint density at radius 3 is 2.53 bits per heavy atom. The van der Waals surface area contributed by atoms with Gasteiger partial charge in [0.2, 0.25) is 0 Å². The van der Waals surface area contributed by atoms with Crippen molar-refractivity contribution in [2.45, 2.75) is 36.7 Å². The van der Waals surface area contributed by atoms with Crippen LogP contribution in [0.4, 0.5) is 0 Å². The molecule has 1 aromatic heterocycles. The fraction of sp³-hybridized carbons (Fsp3) is 0.286. The van der Waals surface area contributed by atoms with Crippen LogP contribution in [0.3, 0.4) is 0 Å². The van der Waals surface area contributed by atoms with E-state index in [1.165, 1.54) is 0 Å². The summed E-state index contributed by atoms with van der Waals surface area (Å²) in [6, 6.07) is 21.0. The van der Waals surface area contributed by atoms with Gasteiger partial charge in [-0.15, -0.1) is 0 Å². The summed E-state index contributed by atoms with van der Waals surface area (Å²) in [6.07, 6.45) is -5.17. The average Bonchev–Trinajstić information content (AvgIpc) is 3.30. The highest BCUT2D eigenvalue weighted by Crippen LogP contribution is 2.31. The molecule has 5 atom stereocenters. The monoisotopic (exact) mass is 517 g/mol. The molecule has 0 bridgehead atoms. The maximum absolute atomic E-state index is 13.6. The molecule has 196 valence electrons. The van der Waals surface area contributed by atoms with E-state index in [9.17, 15) is 35.6 Å². The topological polar surface area (TPSA) is 168 Å². The number of hydrogen-bond donors (Lipinski definition) is 6. The predicted molar refractivity (Wildman–Crippen MR) is 137 cm³/mol. The normalized spacial score (nSPS) is 25.4. The quantitative estimate of drug-likeness (QED) is 0.216. The van der Waals surface area contributed by atoms with E-state index in [0.29, 0.717) is 23.0 Å². The van der Waals surface area contributed by atoms with Crippen molar-refractivity contribution < 1.29 is 35.1 Å². The Morgan fingerprint density at radius 2 is 1.82 bits per heavy atom. The van der Waals surface area contributed by atoms with E-state index < -0.39 is 49.3 Å². The predicted octanol–water partition coefficient (Wildman–Crippen LogP) is 0.607. The summed E-state index contributed by atoms with van der Waals surface area (Å²) in [5.41, 5.74) is -0.0601. The Labute approximate surface area is 217 Å². The van der Waals surface area contributed by atoms with Crippen LogP contribution in [0.15, 0.2) is 66.9 Å². The largest absolute Gasteiger partial charge is 0.394 e. The standard InChI is InChI=1S/C28H27N3O7/c29-11-16-6-8-22-20(10-16)21(13-31(22)12-17-5-7-18-3-1-2-4-19(18)9-17)26(36)30-28(15-33)25(35)24(34)23(14-32)38-27(28)37/h1-10,13,23-25,27,32-35,37H,12,14-15H2,(H,30,36)/t23-,24-,25+,27?,28-/m1/s1. The molecular weight excluding hydrogens is 490 g/mol. The van der Waals surface area contributed by atoms with Crippen molar-refractivity contribution in [2.75, 3.05) is 13.2 Å². The minimum absolute atomic E-state index is 0.129. The number of amides is 1. The lowest BCUT2D eigenvalue weighted by molar-refractivity contribution is -0.288. The molecule has 38 heavy (non-hydrogen) atoms. The zero-order valence-corrected chi connectivity index (χ0v) is 20.2. The van der Waals surface area contributed by atoms with Gasteiger partial charge in [0.1, 0.15) is 23.9 Å². The summed E-state index contributed by atoms with van der Waals surface area (Å²) < 4.78 is 7.03. The number of carbonyl (C=O) groups excluding carboxylic acids is 1. The summed E-state index contributed by atoms with van der Waals surface area (Å²) in [7, 11) is 0. The lowest BCUT2D eigenvalue weighted by Crippen LogP contribution is -2.74. The highest BCUT2D eigenvalue weighted by molar-refractivity contribution is 6.07. The number of rotatable bonds is 6. The van der Waals surface area contributed by atoms with E-state index in [2.05, 4.69) is 17.5 Å². The molecule has 1 amide bonds. The molecule has 0 saturated carbocycles. The lowest BCUT2D eigenvalue weighted by Gasteiger charge is -2.48. The van der Waals surface area contributed by atoms with E-state index in [4.69, 9.17) is 4.74 Å².